The quantitative estimate of drug-likeness (QED) is 0.804. The molecule has 1 unspecified atom stereocenters. The minimum absolute atomic E-state index is 0.297. The molecule has 1 aromatic rings. The van der Waals surface area contributed by atoms with Crippen molar-refractivity contribution in [3.63, 3.8) is 0 Å². The molecule has 0 aliphatic heterocycles. The summed E-state index contributed by atoms with van der Waals surface area (Å²) in [5, 5.41) is 17.1. The fraction of sp³-hybridized carbons (Fsp3) is 0.333. The Morgan fingerprint density at radius 3 is 2.78 bits per heavy atom. The lowest BCUT2D eigenvalue weighted by molar-refractivity contribution is 0.0691. The lowest BCUT2D eigenvalue weighted by atomic mass is 10.2. The van der Waals surface area contributed by atoms with Gasteiger partial charge in [0.15, 0.2) is 0 Å². The molecule has 1 rings (SSSR count). The molecule has 1 atom stereocenters. The molecule has 0 aliphatic rings. The van der Waals surface area contributed by atoms with Gasteiger partial charge in [-0.3, -0.25) is 4.21 Å². The zero-order valence-corrected chi connectivity index (χ0v) is 10.4. The minimum atomic E-state index is -1.38. The second-order valence-electron chi connectivity index (χ2n) is 3.61. The van der Waals surface area contributed by atoms with E-state index in [1.165, 1.54) is 6.07 Å². The molecule has 0 bridgehead atoms. The maximum Gasteiger partial charge on any atom is 0.338 e. The van der Waals surface area contributed by atoms with Crippen molar-refractivity contribution in [2.24, 2.45) is 0 Å². The second-order valence-corrected chi connectivity index (χ2v) is 5.18. The van der Waals surface area contributed by atoms with Crippen LogP contribution in [0.5, 0.6) is 0 Å². The normalized spacial score (nSPS) is 11.8. The Morgan fingerprint density at radius 2 is 2.17 bits per heavy atom. The van der Waals surface area contributed by atoms with E-state index < -0.39 is 28.1 Å². The molecule has 1 N–H and O–H groups in total. The van der Waals surface area contributed by atoms with Gasteiger partial charge in [0.1, 0.15) is 5.82 Å². The highest BCUT2D eigenvalue weighted by atomic mass is 32.2. The first-order valence-corrected chi connectivity index (χ1v) is 6.66. The van der Waals surface area contributed by atoms with Crippen LogP contribution in [0.25, 0.3) is 0 Å². The highest BCUT2D eigenvalue weighted by Crippen LogP contribution is 2.15. The van der Waals surface area contributed by atoms with E-state index in [2.05, 4.69) is 0 Å². The lowest BCUT2D eigenvalue weighted by Crippen LogP contribution is -2.04. The number of rotatable bonds is 6. The van der Waals surface area contributed by atoms with Gasteiger partial charge in [-0.05, 0) is 31.0 Å². The van der Waals surface area contributed by atoms with E-state index in [0.717, 1.165) is 12.1 Å². The number of hydrogen-bond acceptors (Lipinski definition) is 3. The molecule has 6 heteroatoms. The molecular formula is C12H12FNO3S. The second kappa shape index (κ2) is 6.87. The van der Waals surface area contributed by atoms with Crippen LogP contribution < -0.4 is 0 Å². The molecule has 18 heavy (non-hydrogen) atoms. The standard InChI is InChI=1S/C12H12FNO3S/c13-11-5-4-9(8-10(11)12(15)16)18(17)7-3-1-2-6-14/h4-5,8H,1-3,7H2,(H,15,16). The molecule has 1 aromatic carbocycles. The van der Waals surface area contributed by atoms with Crippen molar-refractivity contribution in [2.45, 2.75) is 24.2 Å². The van der Waals surface area contributed by atoms with Crippen LogP contribution in [0.2, 0.25) is 0 Å². The topological polar surface area (TPSA) is 78.2 Å². The first kappa shape index (κ1) is 14.3. The third-order valence-corrected chi connectivity index (χ3v) is 3.74. The summed E-state index contributed by atoms with van der Waals surface area (Å²) in [6.45, 7) is 0. The van der Waals surface area contributed by atoms with E-state index in [-0.39, 0.29) is 0 Å². The third kappa shape index (κ3) is 3.93. The number of halogens is 1. The van der Waals surface area contributed by atoms with E-state index in [1.807, 2.05) is 6.07 Å². The van der Waals surface area contributed by atoms with Gasteiger partial charge in [0, 0.05) is 17.1 Å². The zero-order valence-electron chi connectivity index (χ0n) is 9.56. The van der Waals surface area contributed by atoms with Crippen molar-refractivity contribution in [1.82, 2.24) is 0 Å². The largest absolute Gasteiger partial charge is 0.478 e. The van der Waals surface area contributed by atoms with Crippen molar-refractivity contribution < 1.29 is 18.5 Å². The number of aromatic carboxylic acids is 1. The van der Waals surface area contributed by atoms with Crippen LogP contribution in [0.4, 0.5) is 4.39 Å². The molecule has 0 fully saturated rings. The Morgan fingerprint density at radius 1 is 1.44 bits per heavy atom. The van der Waals surface area contributed by atoms with Crippen LogP contribution in [-0.2, 0) is 10.8 Å². The first-order valence-electron chi connectivity index (χ1n) is 5.34. The summed E-state index contributed by atoms with van der Waals surface area (Å²) < 4.78 is 24.9. The third-order valence-electron chi connectivity index (χ3n) is 2.30. The van der Waals surface area contributed by atoms with E-state index in [9.17, 15) is 13.4 Å². The lowest BCUT2D eigenvalue weighted by Gasteiger charge is -2.03. The van der Waals surface area contributed by atoms with E-state index in [0.29, 0.717) is 29.9 Å². The van der Waals surface area contributed by atoms with E-state index >= 15 is 0 Å². The van der Waals surface area contributed by atoms with Crippen molar-refractivity contribution >= 4 is 16.8 Å². The molecule has 0 aliphatic carbocycles. The molecular weight excluding hydrogens is 257 g/mol. The number of hydrogen-bond donors (Lipinski definition) is 1. The summed E-state index contributed by atoms with van der Waals surface area (Å²) in [4.78, 5) is 11.0. The number of carboxylic acids is 1. The Kier molecular flexibility index (Phi) is 5.46. The van der Waals surface area contributed by atoms with Crippen LogP contribution in [0.3, 0.4) is 0 Å². The average molecular weight is 269 g/mol. The highest BCUT2D eigenvalue weighted by molar-refractivity contribution is 7.85. The van der Waals surface area contributed by atoms with Gasteiger partial charge in [0.2, 0.25) is 0 Å². The van der Waals surface area contributed by atoms with Gasteiger partial charge in [-0.1, -0.05) is 0 Å². The number of carboxylic acid groups (broad SMARTS) is 1. The van der Waals surface area contributed by atoms with Crippen molar-refractivity contribution in [3.8, 4) is 6.07 Å². The van der Waals surface area contributed by atoms with Gasteiger partial charge in [-0.15, -0.1) is 0 Å². The van der Waals surface area contributed by atoms with Gasteiger partial charge in [-0.2, -0.15) is 5.26 Å². The Bertz CT molecular complexity index is 511. The minimum Gasteiger partial charge on any atom is -0.478 e. The van der Waals surface area contributed by atoms with Gasteiger partial charge in [0.05, 0.1) is 22.4 Å². The number of benzene rings is 1. The van der Waals surface area contributed by atoms with Gasteiger partial charge < -0.3 is 5.11 Å². The summed E-state index contributed by atoms with van der Waals surface area (Å²) in [6, 6.07) is 5.41. The summed E-state index contributed by atoms with van der Waals surface area (Å²) >= 11 is 0. The zero-order chi connectivity index (χ0) is 13.5. The SMILES string of the molecule is N#CCCCCS(=O)c1ccc(F)c(C(=O)O)c1. The smallest absolute Gasteiger partial charge is 0.338 e. The van der Waals surface area contributed by atoms with E-state index in [1.54, 1.807) is 0 Å². The summed E-state index contributed by atoms with van der Waals surface area (Å²) in [5.74, 6) is -1.88. The monoisotopic (exact) mass is 269 g/mol. The number of nitriles is 1. The maximum atomic E-state index is 13.1. The van der Waals surface area contributed by atoms with Crippen LogP contribution in [-0.4, -0.2) is 21.0 Å². The first-order chi connectivity index (χ1) is 8.56. The molecule has 0 radical (unpaired) electrons. The Hall–Kier alpha value is -1.74. The summed E-state index contributed by atoms with van der Waals surface area (Å²) in [5.41, 5.74) is -0.474. The molecule has 0 saturated carbocycles. The van der Waals surface area contributed by atoms with Gasteiger partial charge >= 0.3 is 5.97 Å². The molecule has 0 saturated heterocycles. The molecule has 96 valence electrons. The molecule has 4 nitrogen and oxygen atoms in total. The number of unbranched alkanes of at least 4 members (excludes halogenated alkanes) is 2. The molecule has 0 spiro atoms. The van der Waals surface area contributed by atoms with Crippen LogP contribution in [0.15, 0.2) is 23.1 Å². The summed E-state index contributed by atoms with van der Waals surface area (Å²) in [7, 11) is -1.36. The van der Waals surface area contributed by atoms with Gasteiger partial charge in [-0.25, -0.2) is 9.18 Å². The average Bonchev–Trinajstić information content (AvgIpc) is 2.34. The predicted octanol–water partition coefficient (Wildman–Crippen LogP) is 2.33. The van der Waals surface area contributed by atoms with Crippen molar-refractivity contribution in [2.75, 3.05) is 5.75 Å². The Labute approximate surface area is 107 Å². The fourth-order valence-electron chi connectivity index (χ4n) is 1.36. The molecule has 0 amide bonds. The number of nitrogens with zero attached hydrogens (tertiary/aromatic N) is 1. The molecule has 0 aromatic heterocycles. The summed E-state index contributed by atoms with van der Waals surface area (Å²) in [6.07, 6.45) is 1.66. The van der Waals surface area contributed by atoms with Crippen molar-refractivity contribution in [1.29, 1.82) is 5.26 Å². The fourth-order valence-corrected chi connectivity index (χ4v) is 2.54. The Balaban J connectivity index is 2.72. The van der Waals surface area contributed by atoms with Gasteiger partial charge in [0.25, 0.3) is 0 Å². The van der Waals surface area contributed by atoms with Crippen LogP contribution >= 0.6 is 0 Å². The van der Waals surface area contributed by atoms with Crippen LogP contribution in [0, 0.1) is 17.1 Å². The molecule has 0 heterocycles. The van der Waals surface area contributed by atoms with E-state index in [4.69, 9.17) is 10.4 Å². The van der Waals surface area contributed by atoms with Crippen LogP contribution in [0.1, 0.15) is 29.6 Å². The maximum absolute atomic E-state index is 13.1. The highest BCUT2D eigenvalue weighted by Gasteiger charge is 2.13. The number of carbonyl (C=O) groups is 1. The van der Waals surface area contributed by atoms with Crippen molar-refractivity contribution in [3.05, 3.63) is 29.6 Å². The predicted molar refractivity (Wildman–Crippen MR) is 64.1 cm³/mol.